The molecule has 2 heterocycles. The number of amides is 2. The summed E-state index contributed by atoms with van der Waals surface area (Å²) in [6.07, 6.45) is 1.03. The number of thioether (sulfide) groups is 1. The summed E-state index contributed by atoms with van der Waals surface area (Å²) >= 11 is 7.95. The second kappa shape index (κ2) is 8.94. The first-order valence-electron chi connectivity index (χ1n) is 8.43. The van der Waals surface area contributed by atoms with Crippen LogP contribution in [0.2, 0.25) is 5.02 Å². The molecule has 0 radical (unpaired) electrons. The summed E-state index contributed by atoms with van der Waals surface area (Å²) in [7, 11) is 0. The van der Waals surface area contributed by atoms with Gasteiger partial charge in [0.2, 0.25) is 0 Å². The third-order valence-corrected chi connectivity index (χ3v) is 5.78. The SMILES string of the molecule is O=C(Nc1cccc(Cl)c1)N1CCCSCC1CN1CCOCC1. The number of benzene rings is 1. The van der Waals surface area contributed by atoms with Crippen LogP contribution in [-0.2, 0) is 4.74 Å². The fraction of sp³-hybridized carbons (Fsp3) is 0.588. The molecule has 132 valence electrons. The zero-order valence-electron chi connectivity index (χ0n) is 13.7. The topological polar surface area (TPSA) is 44.8 Å². The number of nitrogens with zero attached hydrogens (tertiary/aromatic N) is 2. The summed E-state index contributed by atoms with van der Waals surface area (Å²) in [6, 6.07) is 7.51. The molecule has 0 bridgehead atoms. The van der Waals surface area contributed by atoms with Crippen LogP contribution in [0.25, 0.3) is 0 Å². The van der Waals surface area contributed by atoms with E-state index in [-0.39, 0.29) is 12.1 Å². The Kier molecular flexibility index (Phi) is 6.66. The third-order valence-electron chi connectivity index (χ3n) is 4.35. The van der Waals surface area contributed by atoms with Crippen molar-refractivity contribution in [3.8, 4) is 0 Å². The Bertz CT molecular complexity index is 554. The van der Waals surface area contributed by atoms with Crippen LogP contribution in [0.3, 0.4) is 0 Å². The average molecular weight is 370 g/mol. The first-order chi connectivity index (χ1) is 11.7. The lowest BCUT2D eigenvalue weighted by atomic mass is 10.2. The average Bonchev–Trinajstić information content (AvgIpc) is 2.81. The Labute approximate surface area is 152 Å². The minimum absolute atomic E-state index is 0.0296. The fourth-order valence-electron chi connectivity index (χ4n) is 3.09. The van der Waals surface area contributed by atoms with Gasteiger partial charge in [0.15, 0.2) is 0 Å². The summed E-state index contributed by atoms with van der Waals surface area (Å²) < 4.78 is 5.43. The standard InChI is InChI=1S/C17H24ClN3O2S/c18-14-3-1-4-15(11-14)19-17(22)21-5-2-10-24-13-16(21)12-20-6-8-23-9-7-20/h1,3-4,11,16H,2,5-10,12-13H2,(H,19,22). The number of halogens is 1. The van der Waals surface area contributed by atoms with Gasteiger partial charge in [-0.05, 0) is 30.4 Å². The minimum Gasteiger partial charge on any atom is -0.379 e. The molecule has 2 fully saturated rings. The van der Waals surface area contributed by atoms with Crippen molar-refractivity contribution < 1.29 is 9.53 Å². The molecule has 1 unspecified atom stereocenters. The molecule has 2 aliphatic heterocycles. The maximum Gasteiger partial charge on any atom is 0.322 e. The van der Waals surface area contributed by atoms with Crippen molar-refractivity contribution in [3.05, 3.63) is 29.3 Å². The van der Waals surface area contributed by atoms with Gasteiger partial charge in [0.25, 0.3) is 0 Å². The maximum atomic E-state index is 12.8. The van der Waals surface area contributed by atoms with E-state index in [9.17, 15) is 4.79 Å². The van der Waals surface area contributed by atoms with E-state index in [1.54, 1.807) is 12.1 Å². The molecule has 0 spiro atoms. The van der Waals surface area contributed by atoms with Crippen LogP contribution in [0, 0.1) is 0 Å². The van der Waals surface area contributed by atoms with Gasteiger partial charge in [-0.25, -0.2) is 4.79 Å². The molecule has 2 aliphatic rings. The number of anilines is 1. The van der Waals surface area contributed by atoms with Crippen LogP contribution < -0.4 is 5.32 Å². The fourth-order valence-corrected chi connectivity index (χ4v) is 4.34. The number of carbonyl (C=O) groups excluding carboxylic acids is 1. The zero-order valence-corrected chi connectivity index (χ0v) is 15.3. The second-order valence-electron chi connectivity index (χ2n) is 6.13. The lowest BCUT2D eigenvalue weighted by Crippen LogP contribution is -2.51. The summed E-state index contributed by atoms with van der Waals surface area (Å²) in [5.74, 6) is 2.10. The van der Waals surface area contributed by atoms with E-state index in [4.69, 9.17) is 16.3 Å². The molecule has 1 N–H and O–H groups in total. The smallest absolute Gasteiger partial charge is 0.322 e. The quantitative estimate of drug-likeness (QED) is 0.889. The highest BCUT2D eigenvalue weighted by Crippen LogP contribution is 2.20. The molecular formula is C17H24ClN3O2S. The molecule has 2 amide bonds. The minimum atomic E-state index is -0.0296. The predicted molar refractivity (Wildman–Crippen MR) is 100 cm³/mol. The van der Waals surface area contributed by atoms with Crippen LogP contribution >= 0.6 is 23.4 Å². The van der Waals surface area contributed by atoms with E-state index >= 15 is 0 Å². The lowest BCUT2D eigenvalue weighted by molar-refractivity contribution is 0.0288. The maximum absolute atomic E-state index is 12.8. The Hall–Kier alpha value is -0.950. The van der Waals surface area contributed by atoms with E-state index in [1.807, 2.05) is 28.8 Å². The number of hydrogen-bond donors (Lipinski definition) is 1. The normalized spacial score (nSPS) is 22.9. The highest BCUT2D eigenvalue weighted by atomic mass is 35.5. The van der Waals surface area contributed by atoms with Crippen LogP contribution in [-0.4, -0.2) is 72.8 Å². The van der Waals surface area contributed by atoms with Crippen LogP contribution in [0.1, 0.15) is 6.42 Å². The van der Waals surface area contributed by atoms with Crippen molar-refractivity contribution >= 4 is 35.1 Å². The van der Waals surface area contributed by atoms with E-state index in [1.165, 1.54) is 0 Å². The van der Waals surface area contributed by atoms with Crippen molar-refractivity contribution in [2.75, 3.05) is 56.2 Å². The van der Waals surface area contributed by atoms with Gasteiger partial charge in [0.05, 0.1) is 19.3 Å². The molecule has 0 aromatic heterocycles. The largest absolute Gasteiger partial charge is 0.379 e. The van der Waals surface area contributed by atoms with Crippen LogP contribution in [0.4, 0.5) is 10.5 Å². The molecular weight excluding hydrogens is 346 g/mol. The molecule has 5 nitrogen and oxygen atoms in total. The van der Waals surface area contributed by atoms with E-state index in [2.05, 4.69) is 10.2 Å². The molecule has 3 rings (SSSR count). The Morgan fingerprint density at radius 2 is 2.17 bits per heavy atom. The van der Waals surface area contributed by atoms with Crippen molar-refractivity contribution in [1.29, 1.82) is 0 Å². The number of urea groups is 1. The molecule has 1 atom stereocenters. The summed E-state index contributed by atoms with van der Waals surface area (Å²) in [6.45, 7) is 5.19. The lowest BCUT2D eigenvalue weighted by Gasteiger charge is -2.35. The van der Waals surface area contributed by atoms with Gasteiger partial charge in [0.1, 0.15) is 0 Å². The zero-order chi connectivity index (χ0) is 16.8. The number of morpholine rings is 1. The van der Waals surface area contributed by atoms with Crippen molar-refractivity contribution in [2.24, 2.45) is 0 Å². The molecule has 2 saturated heterocycles. The molecule has 0 aliphatic carbocycles. The highest BCUT2D eigenvalue weighted by molar-refractivity contribution is 7.99. The van der Waals surface area contributed by atoms with E-state index in [0.29, 0.717) is 5.02 Å². The first kappa shape index (κ1) is 17.9. The van der Waals surface area contributed by atoms with Crippen molar-refractivity contribution in [1.82, 2.24) is 9.80 Å². The van der Waals surface area contributed by atoms with Crippen LogP contribution in [0.15, 0.2) is 24.3 Å². The number of hydrogen-bond acceptors (Lipinski definition) is 4. The Morgan fingerprint density at radius 3 is 2.96 bits per heavy atom. The molecule has 0 saturated carbocycles. The Morgan fingerprint density at radius 1 is 1.33 bits per heavy atom. The highest BCUT2D eigenvalue weighted by Gasteiger charge is 2.28. The van der Waals surface area contributed by atoms with Crippen molar-refractivity contribution in [3.63, 3.8) is 0 Å². The second-order valence-corrected chi connectivity index (χ2v) is 7.72. The summed E-state index contributed by atoms with van der Waals surface area (Å²) in [5, 5.41) is 3.63. The van der Waals surface area contributed by atoms with Gasteiger partial charge in [0, 0.05) is 42.6 Å². The number of ether oxygens (including phenoxy) is 1. The summed E-state index contributed by atoms with van der Waals surface area (Å²) in [4.78, 5) is 17.2. The van der Waals surface area contributed by atoms with Gasteiger partial charge in [-0.2, -0.15) is 11.8 Å². The van der Waals surface area contributed by atoms with Gasteiger partial charge in [-0.3, -0.25) is 4.90 Å². The molecule has 1 aromatic carbocycles. The number of rotatable bonds is 3. The molecule has 24 heavy (non-hydrogen) atoms. The first-order valence-corrected chi connectivity index (χ1v) is 9.97. The van der Waals surface area contributed by atoms with Gasteiger partial charge in [-0.15, -0.1) is 0 Å². The van der Waals surface area contributed by atoms with E-state index in [0.717, 1.165) is 63.0 Å². The van der Waals surface area contributed by atoms with Gasteiger partial charge < -0.3 is 15.0 Å². The van der Waals surface area contributed by atoms with E-state index < -0.39 is 0 Å². The van der Waals surface area contributed by atoms with Crippen molar-refractivity contribution in [2.45, 2.75) is 12.5 Å². The number of nitrogens with one attached hydrogen (secondary N) is 1. The Balaban J connectivity index is 1.65. The van der Waals surface area contributed by atoms with Crippen LogP contribution in [0.5, 0.6) is 0 Å². The monoisotopic (exact) mass is 369 g/mol. The third kappa shape index (κ3) is 5.02. The van der Waals surface area contributed by atoms with Gasteiger partial charge >= 0.3 is 6.03 Å². The molecule has 1 aromatic rings. The number of carbonyl (C=O) groups is 1. The molecule has 7 heteroatoms. The predicted octanol–water partition coefficient (Wildman–Crippen LogP) is 3.01. The summed E-state index contributed by atoms with van der Waals surface area (Å²) in [5.41, 5.74) is 0.745. The van der Waals surface area contributed by atoms with Gasteiger partial charge in [-0.1, -0.05) is 17.7 Å².